The zero-order valence-electron chi connectivity index (χ0n) is 16.0. The van der Waals surface area contributed by atoms with Crippen LogP contribution in [0.2, 0.25) is 0 Å². The van der Waals surface area contributed by atoms with Crippen molar-refractivity contribution in [2.24, 2.45) is 0 Å². The molecule has 5 heteroatoms. The van der Waals surface area contributed by atoms with E-state index in [0.29, 0.717) is 12.4 Å². The molecular formula is C21H30N2O3. The van der Waals surface area contributed by atoms with Crippen LogP contribution in [0.3, 0.4) is 0 Å². The summed E-state index contributed by atoms with van der Waals surface area (Å²) in [5, 5.41) is 14.3. The third-order valence-electron chi connectivity index (χ3n) is 3.82. The number of hydrogen-bond donors (Lipinski definition) is 1. The van der Waals surface area contributed by atoms with Crippen LogP contribution in [0, 0.1) is 10.1 Å². The highest BCUT2D eigenvalue weighted by Crippen LogP contribution is 2.28. The second-order valence-corrected chi connectivity index (χ2v) is 5.89. The van der Waals surface area contributed by atoms with Crippen LogP contribution < -0.4 is 10.1 Å². The van der Waals surface area contributed by atoms with Crippen LogP contribution in [-0.2, 0) is 13.0 Å². The van der Waals surface area contributed by atoms with E-state index in [2.05, 4.69) is 19.2 Å². The molecule has 2 rings (SSSR count). The Morgan fingerprint density at radius 2 is 1.77 bits per heavy atom. The molecule has 0 saturated heterocycles. The minimum Gasteiger partial charge on any atom is -0.482 e. The van der Waals surface area contributed by atoms with Crippen molar-refractivity contribution in [1.82, 2.24) is 5.32 Å². The van der Waals surface area contributed by atoms with E-state index in [0.717, 1.165) is 24.1 Å². The molecule has 0 aliphatic heterocycles. The zero-order chi connectivity index (χ0) is 19.2. The molecule has 0 heterocycles. The summed E-state index contributed by atoms with van der Waals surface area (Å²) in [6.07, 6.45) is 3.38. The van der Waals surface area contributed by atoms with Gasteiger partial charge >= 0.3 is 5.69 Å². The molecule has 142 valence electrons. The Labute approximate surface area is 156 Å². The Bertz CT molecular complexity index is 641. The van der Waals surface area contributed by atoms with Crippen LogP contribution in [-0.4, -0.2) is 18.0 Å². The molecule has 0 aliphatic carbocycles. The molecule has 0 aliphatic rings. The van der Waals surface area contributed by atoms with Crippen molar-refractivity contribution in [2.75, 3.05) is 13.1 Å². The Morgan fingerprint density at radius 3 is 2.35 bits per heavy atom. The first-order valence-electron chi connectivity index (χ1n) is 9.27. The standard InChI is InChI=1S/C15H15NO3.C6H15N/c1-2-12-8-9-15(14(10-12)16(17)18)19-11-13-6-4-3-5-7-13;1-3-5-6-7-4-2/h3-10H,2,11H2,1H3;7H,3-6H2,1-2H3. The predicted octanol–water partition coefficient (Wildman–Crippen LogP) is 5.13. The van der Waals surface area contributed by atoms with Gasteiger partial charge in [0.1, 0.15) is 6.61 Å². The van der Waals surface area contributed by atoms with Gasteiger partial charge in [0.2, 0.25) is 0 Å². The Morgan fingerprint density at radius 1 is 1.04 bits per heavy atom. The van der Waals surface area contributed by atoms with Gasteiger partial charge in [0, 0.05) is 6.07 Å². The largest absolute Gasteiger partial charge is 0.482 e. The summed E-state index contributed by atoms with van der Waals surface area (Å²) >= 11 is 0. The van der Waals surface area contributed by atoms with E-state index >= 15 is 0 Å². The lowest BCUT2D eigenvalue weighted by Crippen LogP contribution is -2.13. The first-order chi connectivity index (χ1) is 12.6. The number of aryl methyl sites for hydroxylation is 1. The molecule has 0 aromatic heterocycles. The number of nitro groups is 1. The number of hydrogen-bond acceptors (Lipinski definition) is 4. The Balaban J connectivity index is 0.000000412. The molecule has 0 amide bonds. The van der Waals surface area contributed by atoms with Crippen molar-refractivity contribution in [2.45, 2.75) is 46.6 Å². The van der Waals surface area contributed by atoms with Gasteiger partial charge in [0.25, 0.3) is 0 Å². The van der Waals surface area contributed by atoms with E-state index in [4.69, 9.17) is 4.74 Å². The molecule has 2 aromatic carbocycles. The minimum absolute atomic E-state index is 0.0234. The highest BCUT2D eigenvalue weighted by Gasteiger charge is 2.15. The third-order valence-corrected chi connectivity index (χ3v) is 3.82. The van der Waals surface area contributed by atoms with Crippen LogP contribution in [0.5, 0.6) is 5.75 Å². The summed E-state index contributed by atoms with van der Waals surface area (Å²) in [5.41, 5.74) is 1.94. The zero-order valence-corrected chi connectivity index (χ0v) is 16.0. The molecular weight excluding hydrogens is 328 g/mol. The number of benzene rings is 2. The second kappa shape index (κ2) is 12.9. The van der Waals surface area contributed by atoms with Gasteiger partial charge in [0.05, 0.1) is 4.92 Å². The number of ether oxygens (including phenoxy) is 1. The predicted molar refractivity (Wildman–Crippen MR) is 107 cm³/mol. The minimum atomic E-state index is -0.403. The summed E-state index contributed by atoms with van der Waals surface area (Å²) < 4.78 is 5.54. The quantitative estimate of drug-likeness (QED) is 0.383. The maximum Gasteiger partial charge on any atom is 0.311 e. The lowest BCUT2D eigenvalue weighted by molar-refractivity contribution is -0.386. The molecule has 1 N–H and O–H groups in total. The van der Waals surface area contributed by atoms with Crippen LogP contribution in [0.1, 0.15) is 44.7 Å². The van der Waals surface area contributed by atoms with Crippen molar-refractivity contribution >= 4 is 5.69 Å². The van der Waals surface area contributed by atoms with Crippen molar-refractivity contribution in [3.05, 3.63) is 69.8 Å². The number of unbranched alkanes of at least 4 members (excludes halogenated alkanes) is 1. The van der Waals surface area contributed by atoms with Gasteiger partial charge in [-0.25, -0.2) is 0 Å². The van der Waals surface area contributed by atoms with E-state index < -0.39 is 4.92 Å². The lowest BCUT2D eigenvalue weighted by Gasteiger charge is -2.07. The number of rotatable bonds is 9. The highest BCUT2D eigenvalue weighted by molar-refractivity contribution is 5.48. The molecule has 5 nitrogen and oxygen atoms in total. The Hall–Kier alpha value is -2.40. The van der Waals surface area contributed by atoms with Crippen LogP contribution >= 0.6 is 0 Å². The summed E-state index contributed by atoms with van der Waals surface area (Å²) in [6.45, 7) is 8.93. The van der Waals surface area contributed by atoms with Crippen LogP contribution in [0.15, 0.2) is 48.5 Å². The molecule has 0 bridgehead atoms. The first kappa shape index (κ1) is 21.6. The van der Waals surface area contributed by atoms with Crippen LogP contribution in [0.4, 0.5) is 5.69 Å². The van der Waals surface area contributed by atoms with Crippen molar-refractivity contribution in [3.63, 3.8) is 0 Å². The maximum atomic E-state index is 11.0. The molecule has 0 saturated carbocycles. The molecule has 0 fully saturated rings. The molecule has 0 spiro atoms. The average Bonchev–Trinajstić information content (AvgIpc) is 2.68. The topological polar surface area (TPSA) is 64.4 Å². The fraction of sp³-hybridized carbons (Fsp3) is 0.429. The van der Waals surface area contributed by atoms with Gasteiger partial charge in [-0.3, -0.25) is 10.1 Å². The monoisotopic (exact) mass is 358 g/mol. The van der Waals surface area contributed by atoms with E-state index in [1.807, 2.05) is 43.3 Å². The average molecular weight is 358 g/mol. The second-order valence-electron chi connectivity index (χ2n) is 5.89. The van der Waals surface area contributed by atoms with Gasteiger partial charge in [-0.1, -0.05) is 63.6 Å². The van der Waals surface area contributed by atoms with Crippen LogP contribution in [0.25, 0.3) is 0 Å². The number of nitro benzene ring substituents is 1. The van der Waals surface area contributed by atoms with Crippen molar-refractivity contribution in [3.8, 4) is 5.75 Å². The molecule has 0 unspecified atom stereocenters. The third kappa shape index (κ3) is 8.12. The van der Waals surface area contributed by atoms with Gasteiger partial charge < -0.3 is 10.1 Å². The SMILES string of the molecule is CCCCNCC.CCc1ccc(OCc2ccccc2)c([N+](=O)[O-])c1. The summed E-state index contributed by atoms with van der Waals surface area (Å²) in [5.74, 6) is 0.311. The van der Waals surface area contributed by atoms with Gasteiger partial charge in [-0.05, 0) is 43.1 Å². The van der Waals surface area contributed by atoms with Crippen molar-refractivity contribution in [1.29, 1.82) is 0 Å². The van der Waals surface area contributed by atoms with E-state index in [1.165, 1.54) is 19.4 Å². The van der Waals surface area contributed by atoms with Gasteiger partial charge in [0.15, 0.2) is 5.75 Å². The molecule has 0 atom stereocenters. The number of nitrogens with one attached hydrogen (secondary N) is 1. The summed E-state index contributed by atoms with van der Waals surface area (Å²) in [7, 11) is 0. The number of nitrogens with zero attached hydrogens (tertiary/aromatic N) is 1. The Kier molecular flexibility index (Phi) is 10.7. The molecule has 0 radical (unpaired) electrons. The summed E-state index contributed by atoms with van der Waals surface area (Å²) in [6, 6.07) is 14.7. The fourth-order valence-electron chi connectivity index (χ4n) is 2.26. The first-order valence-corrected chi connectivity index (χ1v) is 9.27. The molecule has 2 aromatic rings. The fourth-order valence-corrected chi connectivity index (χ4v) is 2.26. The molecule has 26 heavy (non-hydrogen) atoms. The normalized spacial score (nSPS) is 9.96. The van der Waals surface area contributed by atoms with Gasteiger partial charge in [-0.15, -0.1) is 0 Å². The van der Waals surface area contributed by atoms with Crippen molar-refractivity contribution < 1.29 is 9.66 Å². The maximum absolute atomic E-state index is 11.0. The van der Waals surface area contributed by atoms with E-state index in [9.17, 15) is 10.1 Å². The highest BCUT2D eigenvalue weighted by atomic mass is 16.6. The summed E-state index contributed by atoms with van der Waals surface area (Å²) in [4.78, 5) is 10.6. The van der Waals surface area contributed by atoms with E-state index in [1.54, 1.807) is 12.1 Å². The van der Waals surface area contributed by atoms with E-state index in [-0.39, 0.29) is 5.69 Å². The lowest BCUT2D eigenvalue weighted by atomic mass is 10.1. The van der Waals surface area contributed by atoms with Gasteiger partial charge in [-0.2, -0.15) is 0 Å². The smallest absolute Gasteiger partial charge is 0.311 e.